The van der Waals surface area contributed by atoms with Crippen LogP contribution in [0.15, 0.2) is 54.6 Å². The Morgan fingerprint density at radius 3 is 2.39 bits per heavy atom. The summed E-state index contributed by atoms with van der Waals surface area (Å²) < 4.78 is 5.77. The third-order valence-electron chi connectivity index (χ3n) is 4.96. The number of carbonyl (C=O) groups is 2. The summed E-state index contributed by atoms with van der Waals surface area (Å²) in [6.45, 7) is 4.04. The molecule has 0 spiro atoms. The van der Waals surface area contributed by atoms with Gasteiger partial charge in [0.05, 0.1) is 13.2 Å². The van der Waals surface area contributed by atoms with E-state index in [1.54, 1.807) is 0 Å². The Hall–Kier alpha value is -2.66. The van der Waals surface area contributed by atoms with E-state index in [0.29, 0.717) is 38.6 Å². The smallest absolute Gasteiger partial charge is 0.223 e. The highest BCUT2D eigenvalue weighted by atomic mass is 16.5. The number of carbonyl (C=O) groups excluding carboxylic acids is 2. The zero-order valence-electron chi connectivity index (χ0n) is 16.3. The van der Waals surface area contributed by atoms with Gasteiger partial charge in [-0.25, -0.2) is 0 Å². The lowest BCUT2D eigenvalue weighted by Gasteiger charge is -2.09. The largest absolute Gasteiger partial charge is 0.372 e. The van der Waals surface area contributed by atoms with Gasteiger partial charge in [-0.3, -0.25) is 9.59 Å². The Morgan fingerprint density at radius 1 is 0.964 bits per heavy atom. The first-order chi connectivity index (χ1) is 13.6. The summed E-state index contributed by atoms with van der Waals surface area (Å²) in [6.07, 6.45) is 1.26. The zero-order valence-corrected chi connectivity index (χ0v) is 16.3. The highest BCUT2D eigenvalue weighted by molar-refractivity contribution is 5.82. The molecule has 28 heavy (non-hydrogen) atoms. The molecule has 2 N–H and O–H groups in total. The van der Waals surface area contributed by atoms with Crippen LogP contribution in [-0.2, 0) is 34.1 Å². The molecule has 0 radical (unpaired) electrons. The molecule has 3 rings (SSSR count). The van der Waals surface area contributed by atoms with Gasteiger partial charge in [-0.2, -0.15) is 0 Å². The van der Waals surface area contributed by atoms with Crippen LogP contribution >= 0.6 is 0 Å². The molecule has 0 aliphatic heterocycles. The van der Waals surface area contributed by atoms with Crippen molar-refractivity contribution < 1.29 is 14.3 Å². The van der Waals surface area contributed by atoms with Crippen LogP contribution in [0.4, 0.5) is 0 Å². The summed E-state index contributed by atoms with van der Waals surface area (Å²) in [5, 5.41) is 5.74. The highest BCUT2D eigenvalue weighted by Crippen LogP contribution is 2.37. The van der Waals surface area contributed by atoms with Gasteiger partial charge in [0.1, 0.15) is 0 Å². The number of nitrogens with one attached hydrogen (secondary N) is 2. The average molecular weight is 380 g/mol. The quantitative estimate of drug-likeness (QED) is 0.665. The molecule has 0 aromatic heterocycles. The molecular weight excluding hydrogens is 352 g/mol. The van der Waals surface area contributed by atoms with E-state index in [0.717, 1.165) is 23.1 Å². The molecule has 1 fully saturated rings. The zero-order chi connectivity index (χ0) is 19.8. The minimum atomic E-state index is -0.0603. The van der Waals surface area contributed by atoms with Gasteiger partial charge in [0.2, 0.25) is 11.8 Å². The molecule has 0 saturated heterocycles. The number of hydrogen-bond acceptors (Lipinski definition) is 3. The Labute approximate surface area is 166 Å². The predicted molar refractivity (Wildman–Crippen MR) is 108 cm³/mol. The van der Waals surface area contributed by atoms with E-state index in [4.69, 9.17) is 4.74 Å². The molecule has 2 aromatic carbocycles. The van der Waals surface area contributed by atoms with Crippen molar-refractivity contribution in [2.75, 3.05) is 6.54 Å². The molecule has 5 nitrogen and oxygen atoms in total. The molecule has 1 aliphatic carbocycles. The van der Waals surface area contributed by atoms with Crippen molar-refractivity contribution in [2.24, 2.45) is 11.8 Å². The monoisotopic (exact) mass is 380 g/mol. The first kappa shape index (κ1) is 20.1. The number of benzene rings is 2. The Kier molecular flexibility index (Phi) is 7.20. The normalized spacial score (nSPS) is 17.8. The molecule has 2 aromatic rings. The van der Waals surface area contributed by atoms with E-state index in [1.165, 1.54) is 0 Å². The maximum Gasteiger partial charge on any atom is 0.223 e. The molecule has 2 amide bonds. The lowest BCUT2D eigenvalue weighted by atomic mass is 10.1. The van der Waals surface area contributed by atoms with Gasteiger partial charge < -0.3 is 15.4 Å². The molecule has 0 heterocycles. The van der Waals surface area contributed by atoms with Crippen LogP contribution in [0.2, 0.25) is 0 Å². The maximum atomic E-state index is 12.0. The van der Waals surface area contributed by atoms with Gasteiger partial charge in [0, 0.05) is 25.4 Å². The fourth-order valence-electron chi connectivity index (χ4n) is 3.10. The van der Waals surface area contributed by atoms with Crippen LogP contribution in [0.5, 0.6) is 0 Å². The van der Waals surface area contributed by atoms with E-state index in [1.807, 2.05) is 54.6 Å². The summed E-state index contributed by atoms with van der Waals surface area (Å²) in [4.78, 5) is 23.7. The van der Waals surface area contributed by atoms with E-state index < -0.39 is 0 Å². The standard InChI is InChI=1S/C23H28N2O3/c1-17-12-21(17)23(27)24-11-10-22(26)25-14-19-8-5-9-20(13-19)16-28-15-18-6-3-2-4-7-18/h2-9,13,17,21H,10-12,14-16H2,1H3,(H,24,27)(H,25,26). The summed E-state index contributed by atoms with van der Waals surface area (Å²) >= 11 is 0. The van der Waals surface area contributed by atoms with Gasteiger partial charge >= 0.3 is 0 Å². The van der Waals surface area contributed by atoms with E-state index >= 15 is 0 Å². The van der Waals surface area contributed by atoms with E-state index in [2.05, 4.69) is 17.6 Å². The lowest BCUT2D eigenvalue weighted by molar-refractivity contribution is -0.123. The molecule has 1 saturated carbocycles. The fourth-order valence-corrected chi connectivity index (χ4v) is 3.10. The maximum absolute atomic E-state index is 12.0. The van der Waals surface area contributed by atoms with Crippen molar-refractivity contribution in [3.05, 3.63) is 71.3 Å². The van der Waals surface area contributed by atoms with Crippen LogP contribution in [-0.4, -0.2) is 18.4 Å². The minimum Gasteiger partial charge on any atom is -0.372 e. The van der Waals surface area contributed by atoms with Crippen molar-refractivity contribution in [3.8, 4) is 0 Å². The fraction of sp³-hybridized carbons (Fsp3) is 0.391. The predicted octanol–water partition coefficient (Wildman–Crippen LogP) is 3.18. The minimum absolute atomic E-state index is 0.0603. The number of ether oxygens (including phenoxy) is 1. The molecule has 0 bridgehead atoms. The number of hydrogen-bond donors (Lipinski definition) is 2. The van der Waals surface area contributed by atoms with Crippen LogP contribution in [0.1, 0.15) is 36.5 Å². The van der Waals surface area contributed by atoms with Crippen LogP contribution in [0.25, 0.3) is 0 Å². The SMILES string of the molecule is CC1CC1C(=O)NCCC(=O)NCc1cccc(COCc2ccccc2)c1. The van der Waals surface area contributed by atoms with Gasteiger partial charge in [-0.15, -0.1) is 0 Å². The van der Waals surface area contributed by atoms with Crippen molar-refractivity contribution >= 4 is 11.8 Å². The summed E-state index contributed by atoms with van der Waals surface area (Å²) in [5.74, 6) is 0.645. The third-order valence-corrected chi connectivity index (χ3v) is 4.96. The van der Waals surface area contributed by atoms with Crippen LogP contribution in [0.3, 0.4) is 0 Å². The molecule has 148 valence electrons. The lowest BCUT2D eigenvalue weighted by Crippen LogP contribution is -2.31. The summed E-state index contributed by atoms with van der Waals surface area (Å²) in [5.41, 5.74) is 3.26. The topological polar surface area (TPSA) is 67.4 Å². The summed E-state index contributed by atoms with van der Waals surface area (Å²) in [7, 11) is 0. The van der Waals surface area contributed by atoms with Gasteiger partial charge in [-0.05, 0) is 29.0 Å². The second kappa shape index (κ2) is 10.0. The van der Waals surface area contributed by atoms with Crippen LogP contribution < -0.4 is 10.6 Å². The molecule has 1 aliphatic rings. The Bertz CT molecular complexity index is 791. The average Bonchev–Trinajstić information content (AvgIpc) is 3.44. The number of rotatable bonds is 10. The van der Waals surface area contributed by atoms with E-state index in [-0.39, 0.29) is 17.7 Å². The van der Waals surface area contributed by atoms with Crippen molar-refractivity contribution in [2.45, 2.75) is 39.5 Å². The Balaban J connectivity index is 1.34. The molecular formula is C23H28N2O3. The second-order valence-corrected chi connectivity index (χ2v) is 7.44. The van der Waals surface area contributed by atoms with Crippen molar-refractivity contribution in [1.29, 1.82) is 0 Å². The van der Waals surface area contributed by atoms with Crippen LogP contribution in [0, 0.1) is 11.8 Å². The van der Waals surface area contributed by atoms with Crippen molar-refractivity contribution in [3.63, 3.8) is 0 Å². The van der Waals surface area contributed by atoms with Gasteiger partial charge in [0.15, 0.2) is 0 Å². The summed E-state index contributed by atoms with van der Waals surface area (Å²) in [6, 6.07) is 18.1. The van der Waals surface area contributed by atoms with Gasteiger partial charge in [-0.1, -0.05) is 61.5 Å². The van der Waals surface area contributed by atoms with Crippen molar-refractivity contribution in [1.82, 2.24) is 10.6 Å². The molecule has 5 heteroatoms. The first-order valence-electron chi connectivity index (χ1n) is 9.85. The first-order valence-corrected chi connectivity index (χ1v) is 9.85. The Morgan fingerprint density at radius 2 is 1.64 bits per heavy atom. The third kappa shape index (κ3) is 6.50. The molecule has 2 unspecified atom stereocenters. The molecule has 2 atom stereocenters. The van der Waals surface area contributed by atoms with Gasteiger partial charge in [0.25, 0.3) is 0 Å². The van der Waals surface area contributed by atoms with E-state index in [9.17, 15) is 9.59 Å². The number of amides is 2. The second-order valence-electron chi connectivity index (χ2n) is 7.44. The highest BCUT2D eigenvalue weighted by Gasteiger charge is 2.38.